The monoisotopic (exact) mass is 340 g/mol. The van der Waals surface area contributed by atoms with Crippen LogP contribution < -0.4 is 11.1 Å². The largest absolute Gasteiger partial charge is 0.503 e. The molecular weight excluding hydrogens is 312 g/mol. The number of rotatable bonds is 15. The molecule has 0 saturated heterocycles. The van der Waals surface area contributed by atoms with Gasteiger partial charge in [-0.1, -0.05) is 0 Å². The molecule has 0 aromatic carbocycles. The summed E-state index contributed by atoms with van der Waals surface area (Å²) in [6, 6.07) is -0.207. The zero-order valence-corrected chi connectivity index (χ0v) is 14.6. The van der Waals surface area contributed by atoms with Crippen molar-refractivity contribution in [1.29, 1.82) is 0 Å². The lowest BCUT2D eigenvalue weighted by Gasteiger charge is -2.29. The highest BCUT2D eigenvalue weighted by Gasteiger charge is 2.41. The number of carbonyl (C=O) groups excluding carboxylic acids is 1. The summed E-state index contributed by atoms with van der Waals surface area (Å²) in [5.74, 6) is 0. The average Bonchev–Trinajstić information content (AvgIpc) is 2.47. The quantitative estimate of drug-likeness (QED) is 0.308. The topological polar surface area (TPSA) is 111 Å². The second kappa shape index (κ2) is 13.9. The van der Waals surface area contributed by atoms with Crippen molar-refractivity contribution in [3.05, 3.63) is 0 Å². The van der Waals surface area contributed by atoms with Gasteiger partial charge in [-0.15, -0.1) is 0 Å². The van der Waals surface area contributed by atoms with E-state index in [0.717, 1.165) is 0 Å². The standard InChI is InChI=1S/C12H28N2O7Si/c1-16-5-8-19-22(20-9-6-17-2,21-10-7-18-3)11-4-14-12(13)15/h4-11H2,1-3H3,(H3,13,14,15). The van der Waals surface area contributed by atoms with E-state index in [4.69, 9.17) is 33.2 Å². The zero-order valence-electron chi connectivity index (χ0n) is 13.6. The van der Waals surface area contributed by atoms with Crippen LogP contribution in [0.25, 0.3) is 0 Å². The highest BCUT2D eigenvalue weighted by atomic mass is 28.4. The van der Waals surface area contributed by atoms with Crippen LogP contribution in [0.1, 0.15) is 0 Å². The molecule has 0 bridgehead atoms. The van der Waals surface area contributed by atoms with E-state index in [1.165, 1.54) is 0 Å². The molecule has 0 aromatic heterocycles. The number of nitrogens with two attached hydrogens (primary N) is 1. The van der Waals surface area contributed by atoms with Crippen LogP contribution >= 0.6 is 0 Å². The van der Waals surface area contributed by atoms with Crippen molar-refractivity contribution in [2.45, 2.75) is 6.04 Å². The van der Waals surface area contributed by atoms with Gasteiger partial charge in [-0.05, 0) is 0 Å². The molecule has 0 saturated carbocycles. The number of carbonyl (C=O) groups is 1. The van der Waals surface area contributed by atoms with Gasteiger partial charge < -0.3 is 38.5 Å². The minimum atomic E-state index is -2.98. The molecule has 0 radical (unpaired) electrons. The summed E-state index contributed by atoms with van der Waals surface area (Å²) in [5, 5.41) is 2.51. The van der Waals surface area contributed by atoms with Crippen LogP contribution in [0.2, 0.25) is 6.04 Å². The number of nitrogens with one attached hydrogen (secondary N) is 1. The molecule has 0 atom stereocenters. The van der Waals surface area contributed by atoms with Crippen molar-refractivity contribution in [1.82, 2.24) is 5.32 Å². The van der Waals surface area contributed by atoms with Crippen molar-refractivity contribution >= 4 is 14.8 Å². The minimum absolute atomic E-state index is 0.300. The van der Waals surface area contributed by atoms with Crippen LogP contribution in [0.15, 0.2) is 0 Å². The summed E-state index contributed by atoms with van der Waals surface area (Å²) in [7, 11) is 1.76. The Kier molecular flexibility index (Phi) is 13.4. The first kappa shape index (κ1) is 21.2. The number of urea groups is 1. The fourth-order valence-electron chi connectivity index (χ4n) is 1.52. The van der Waals surface area contributed by atoms with Gasteiger partial charge in [0.15, 0.2) is 0 Å². The normalized spacial score (nSPS) is 11.6. The van der Waals surface area contributed by atoms with E-state index < -0.39 is 14.8 Å². The van der Waals surface area contributed by atoms with Crippen LogP contribution in [0.3, 0.4) is 0 Å². The first-order valence-corrected chi connectivity index (χ1v) is 8.95. The Balaban J connectivity index is 4.64. The number of methoxy groups -OCH3 is 3. The zero-order chi connectivity index (χ0) is 16.7. The maximum absolute atomic E-state index is 10.8. The van der Waals surface area contributed by atoms with E-state index in [0.29, 0.717) is 52.2 Å². The highest BCUT2D eigenvalue weighted by Crippen LogP contribution is 2.15. The van der Waals surface area contributed by atoms with Gasteiger partial charge in [-0.3, -0.25) is 0 Å². The SMILES string of the molecule is COCCO[Si](CCNC(N)=O)(OCCOC)OCCOC. The number of ether oxygens (including phenoxy) is 3. The van der Waals surface area contributed by atoms with Gasteiger partial charge in [0.1, 0.15) is 0 Å². The predicted octanol–water partition coefficient (Wildman–Crippen LogP) is -0.417. The minimum Gasteiger partial charge on any atom is -0.382 e. The number of amides is 2. The summed E-state index contributed by atoms with van der Waals surface area (Å²) < 4.78 is 32.4. The van der Waals surface area contributed by atoms with Gasteiger partial charge in [0.2, 0.25) is 0 Å². The molecule has 3 N–H and O–H groups in total. The molecule has 22 heavy (non-hydrogen) atoms. The van der Waals surface area contributed by atoms with Gasteiger partial charge in [0, 0.05) is 33.9 Å². The molecule has 132 valence electrons. The van der Waals surface area contributed by atoms with Crippen LogP contribution in [0, 0.1) is 0 Å². The Morgan fingerprint density at radius 2 is 1.27 bits per heavy atom. The van der Waals surface area contributed by atoms with Gasteiger partial charge in [-0.2, -0.15) is 0 Å². The molecule has 0 aliphatic carbocycles. The van der Waals surface area contributed by atoms with Crippen LogP contribution in [0.4, 0.5) is 4.79 Å². The van der Waals surface area contributed by atoms with Crippen molar-refractivity contribution in [2.75, 3.05) is 67.5 Å². The van der Waals surface area contributed by atoms with E-state index in [1.54, 1.807) is 21.3 Å². The smallest absolute Gasteiger partial charge is 0.382 e. The Labute approximate surface area is 132 Å². The van der Waals surface area contributed by atoms with Crippen LogP contribution in [-0.4, -0.2) is 82.4 Å². The molecule has 9 nitrogen and oxygen atoms in total. The van der Waals surface area contributed by atoms with E-state index in [-0.39, 0.29) is 0 Å². The van der Waals surface area contributed by atoms with Crippen LogP contribution in [-0.2, 0) is 27.5 Å². The molecule has 0 aliphatic heterocycles. The van der Waals surface area contributed by atoms with E-state index >= 15 is 0 Å². The summed E-state index contributed by atoms with van der Waals surface area (Å²) >= 11 is 0. The lowest BCUT2D eigenvalue weighted by atomic mass is 10.7. The molecule has 0 rings (SSSR count). The first-order valence-electron chi connectivity index (χ1n) is 7.02. The Bertz CT molecular complexity index is 258. The van der Waals surface area contributed by atoms with E-state index in [2.05, 4.69) is 5.32 Å². The van der Waals surface area contributed by atoms with E-state index in [1.807, 2.05) is 0 Å². The van der Waals surface area contributed by atoms with Crippen LogP contribution in [0.5, 0.6) is 0 Å². The third kappa shape index (κ3) is 10.9. The van der Waals surface area contributed by atoms with E-state index in [9.17, 15) is 4.79 Å². The van der Waals surface area contributed by atoms with Crippen molar-refractivity contribution in [3.63, 3.8) is 0 Å². The molecule has 0 heterocycles. The maximum Gasteiger partial charge on any atom is 0.503 e. The predicted molar refractivity (Wildman–Crippen MR) is 81.6 cm³/mol. The van der Waals surface area contributed by atoms with Gasteiger partial charge in [-0.25, -0.2) is 4.79 Å². The Hall–Kier alpha value is -0.753. The summed E-state index contributed by atoms with van der Waals surface area (Å²) in [6.07, 6.45) is 0. The maximum atomic E-state index is 10.8. The van der Waals surface area contributed by atoms with Crippen molar-refractivity contribution < 1.29 is 32.3 Å². The lowest BCUT2D eigenvalue weighted by Crippen LogP contribution is -2.50. The van der Waals surface area contributed by atoms with Gasteiger partial charge in [0.05, 0.1) is 39.6 Å². The van der Waals surface area contributed by atoms with Gasteiger partial charge in [0.25, 0.3) is 0 Å². The Morgan fingerprint density at radius 1 is 0.864 bits per heavy atom. The number of primary amides is 1. The molecule has 0 aliphatic rings. The van der Waals surface area contributed by atoms with Crippen molar-refractivity contribution in [3.8, 4) is 0 Å². The summed E-state index contributed by atoms with van der Waals surface area (Å²) in [6.45, 7) is 2.55. The molecule has 0 spiro atoms. The third-order valence-electron chi connectivity index (χ3n) is 2.56. The molecule has 0 unspecified atom stereocenters. The molecular formula is C12H28N2O7Si. The molecule has 10 heteroatoms. The van der Waals surface area contributed by atoms with Crippen molar-refractivity contribution in [2.24, 2.45) is 5.73 Å². The van der Waals surface area contributed by atoms with Gasteiger partial charge >= 0.3 is 14.8 Å². The average molecular weight is 340 g/mol. The Morgan fingerprint density at radius 3 is 1.59 bits per heavy atom. The molecule has 2 amide bonds. The number of hydrogen-bond acceptors (Lipinski definition) is 7. The second-order valence-corrected chi connectivity index (χ2v) is 6.98. The molecule has 0 aromatic rings. The number of hydrogen-bond donors (Lipinski definition) is 2. The first-order chi connectivity index (χ1) is 10.6. The summed E-state index contributed by atoms with van der Waals surface area (Å²) in [4.78, 5) is 10.8. The highest BCUT2D eigenvalue weighted by molar-refractivity contribution is 6.60. The fraction of sp³-hybridized carbons (Fsp3) is 0.917. The lowest BCUT2D eigenvalue weighted by molar-refractivity contribution is 0.0148. The summed E-state index contributed by atoms with van der Waals surface area (Å²) in [5.41, 5.74) is 5.07. The molecule has 0 fully saturated rings. The second-order valence-electron chi connectivity index (χ2n) is 4.25. The fourth-order valence-corrected chi connectivity index (χ4v) is 3.82. The third-order valence-corrected chi connectivity index (χ3v) is 5.35.